The molecule has 0 unspecified atom stereocenters. The summed E-state index contributed by atoms with van der Waals surface area (Å²) in [5, 5.41) is 5.34. The average Bonchev–Trinajstić information content (AvgIpc) is 2.89. The molecule has 190 valence electrons. The van der Waals surface area contributed by atoms with Crippen molar-refractivity contribution in [2.75, 3.05) is 6.61 Å². The highest BCUT2D eigenvalue weighted by atomic mass is 79.9. The Kier molecular flexibility index (Phi) is 9.03. The standard InChI is InChI=1S/C30H35BrN2O3/c1-3-26(30(35)32-24-13-5-4-6-14-24)33(19-22-11-9-10-21(2)18-22)28(34)20-36-27-17-16-23-12-7-8-15-25(23)29(27)31/h7-12,15-18,24,26H,3-6,13-14,19-20H2,1-2H3,(H,32,35)/t26-/m0/s1. The molecule has 4 rings (SSSR count). The number of fused-ring (bicyclic) bond motifs is 1. The van der Waals surface area contributed by atoms with E-state index in [1.807, 2.05) is 68.4 Å². The largest absolute Gasteiger partial charge is 0.483 e. The van der Waals surface area contributed by atoms with Crippen molar-refractivity contribution in [3.8, 4) is 5.75 Å². The summed E-state index contributed by atoms with van der Waals surface area (Å²) in [5.41, 5.74) is 2.12. The molecule has 3 aromatic rings. The van der Waals surface area contributed by atoms with Crippen molar-refractivity contribution in [1.29, 1.82) is 0 Å². The molecule has 1 fully saturated rings. The minimum Gasteiger partial charge on any atom is -0.483 e. The van der Waals surface area contributed by atoms with Crippen molar-refractivity contribution in [2.24, 2.45) is 0 Å². The summed E-state index contributed by atoms with van der Waals surface area (Å²) in [6, 6.07) is 19.6. The van der Waals surface area contributed by atoms with Crippen LogP contribution in [0.25, 0.3) is 10.8 Å². The maximum Gasteiger partial charge on any atom is 0.261 e. The molecule has 0 bridgehead atoms. The van der Waals surface area contributed by atoms with Crippen molar-refractivity contribution < 1.29 is 14.3 Å². The molecule has 0 saturated heterocycles. The van der Waals surface area contributed by atoms with Crippen LogP contribution in [0, 0.1) is 6.92 Å². The molecule has 0 radical (unpaired) electrons. The van der Waals surface area contributed by atoms with Crippen molar-refractivity contribution in [3.05, 3.63) is 76.3 Å². The van der Waals surface area contributed by atoms with Gasteiger partial charge in [0.2, 0.25) is 5.91 Å². The molecular formula is C30H35BrN2O3. The number of nitrogens with one attached hydrogen (secondary N) is 1. The quantitative estimate of drug-likeness (QED) is 0.328. The van der Waals surface area contributed by atoms with Gasteiger partial charge >= 0.3 is 0 Å². The minimum absolute atomic E-state index is 0.0720. The maximum absolute atomic E-state index is 13.6. The first-order valence-electron chi connectivity index (χ1n) is 12.9. The van der Waals surface area contributed by atoms with Gasteiger partial charge in [-0.15, -0.1) is 0 Å². The third-order valence-corrected chi connectivity index (χ3v) is 7.77. The lowest BCUT2D eigenvalue weighted by Crippen LogP contribution is -2.52. The molecule has 36 heavy (non-hydrogen) atoms. The van der Waals surface area contributed by atoms with E-state index in [0.717, 1.165) is 52.1 Å². The molecule has 0 aromatic heterocycles. The monoisotopic (exact) mass is 550 g/mol. The number of hydrogen-bond acceptors (Lipinski definition) is 3. The number of hydrogen-bond donors (Lipinski definition) is 1. The van der Waals surface area contributed by atoms with Crippen LogP contribution in [-0.2, 0) is 16.1 Å². The summed E-state index contributed by atoms with van der Waals surface area (Å²) >= 11 is 3.64. The summed E-state index contributed by atoms with van der Waals surface area (Å²) in [6.45, 7) is 4.21. The Hall–Kier alpha value is -2.86. The van der Waals surface area contributed by atoms with E-state index in [9.17, 15) is 9.59 Å². The Morgan fingerprint density at radius 3 is 2.58 bits per heavy atom. The normalized spacial score (nSPS) is 14.9. The van der Waals surface area contributed by atoms with E-state index in [0.29, 0.717) is 18.7 Å². The SMILES string of the molecule is CC[C@@H](C(=O)NC1CCCCC1)N(Cc1cccc(C)c1)C(=O)COc1ccc2ccccc2c1Br. The third-order valence-electron chi connectivity index (χ3n) is 6.95. The molecule has 1 N–H and O–H groups in total. The van der Waals surface area contributed by atoms with Gasteiger partial charge in [0, 0.05) is 12.6 Å². The molecule has 0 aliphatic heterocycles. The Bertz CT molecular complexity index is 1210. The Morgan fingerprint density at radius 1 is 1.06 bits per heavy atom. The molecule has 1 atom stereocenters. The number of carbonyl (C=O) groups excluding carboxylic acids is 2. The summed E-state index contributed by atoms with van der Waals surface area (Å²) in [5.74, 6) is 0.330. The van der Waals surface area contributed by atoms with Gasteiger partial charge in [-0.3, -0.25) is 9.59 Å². The lowest BCUT2D eigenvalue weighted by Gasteiger charge is -2.32. The van der Waals surface area contributed by atoms with Crippen LogP contribution in [0.5, 0.6) is 5.75 Å². The van der Waals surface area contributed by atoms with E-state index >= 15 is 0 Å². The smallest absolute Gasteiger partial charge is 0.261 e. The summed E-state index contributed by atoms with van der Waals surface area (Å²) in [4.78, 5) is 28.6. The van der Waals surface area contributed by atoms with Gasteiger partial charge in [0.05, 0.1) is 4.47 Å². The second-order valence-electron chi connectivity index (χ2n) is 9.67. The fourth-order valence-corrected chi connectivity index (χ4v) is 5.63. The summed E-state index contributed by atoms with van der Waals surface area (Å²) in [6.07, 6.45) is 6.06. The van der Waals surface area contributed by atoms with Crippen LogP contribution >= 0.6 is 15.9 Å². The maximum atomic E-state index is 13.6. The lowest BCUT2D eigenvalue weighted by atomic mass is 9.95. The van der Waals surface area contributed by atoms with Crippen LogP contribution in [0.1, 0.15) is 56.6 Å². The van der Waals surface area contributed by atoms with Crippen LogP contribution in [0.2, 0.25) is 0 Å². The van der Waals surface area contributed by atoms with Gasteiger partial charge in [-0.25, -0.2) is 0 Å². The van der Waals surface area contributed by atoms with Crippen LogP contribution in [0.15, 0.2) is 65.1 Å². The zero-order chi connectivity index (χ0) is 25.5. The van der Waals surface area contributed by atoms with Crippen LogP contribution in [0.4, 0.5) is 0 Å². The highest BCUT2D eigenvalue weighted by molar-refractivity contribution is 9.10. The number of carbonyl (C=O) groups is 2. The van der Waals surface area contributed by atoms with Gasteiger partial charge in [-0.05, 0) is 64.5 Å². The Morgan fingerprint density at radius 2 is 1.83 bits per heavy atom. The molecule has 1 aliphatic carbocycles. The molecule has 5 nitrogen and oxygen atoms in total. The topological polar surface area (TPSA) is 58.6 Å². The molecular weight excluding hydrogens is 516 g/mol. The molecule has 1 saturated carbocycles. The Labute approximate surface area is 222 Å². The van der Waals surface area contributed by atoms with Crippen molar-refractivity contribution in [1.82, 2.24) is 10.2 Å². The second-order valence-corrected chi connectivity index (χ2v) is 10.5. The fraction of sp³-hybridized carbons (Fsp3) is 0.400. The first kappa shape index (κ1) is 26.2. The third kappa shape index (κ3) is 6.47. The lowest BCUT2D eigenvalue weighted by molar-refractivity contribution is -0.143. The van der Waals surface area contributed by atoms with E-state index in [-0.39, 0.29) is 24.5 Å². The van der Waals surface area contributed by atoms with Gasteiger partial charge in [-0.2, -0.15) is 0 Å². The zero-order valence-electron chi connectivity index (χ0n) is 21.1. The molecule has 3 aromatic carbocycles. The average molecular weight is 552 g/mol. The van der Waals surface area contributed by atoms with E-state index in [2.05, 4.69) is 27.3 Å². The molecule has 1 aliphatic rings. The number of halogens is 1. The first-order valence-corrected chi connectivity index (χ1v) is 13.7. The van der Waals surface area contributed by atoms with Crippen LogP contribution < -0.4 is 10.1 Å². The fourth-order valence-electron chi connectivity index (χ4n) is 5.02. The van der Waals surface area contributed by atoms with Crippen molar-refractivity contribution >= 4 is 38.5 Å². The van der Waals surface area contributed by atoms with E-state index in [4.69, 9.17) is 4.74 Å². The second kappa shape index (κ2) is 12.4. The number of amides is 2. The van der Waals surface area contributed by atoms with Crippen molar-refractivity contribution in [2.45, 2.75) is 71.0 Å². The summed E-state index contributed by atoms with van der Waals surface area (Å²) in [7, 11) is 0. The van der Waals surface area contributed by atoms with E-state index < -0.39 is 6.04 Å². The number of aryl methyl sites for hydroxylation is 1. The minimum atomic E-state index is -0.552. The van der Waals surface area contributed by atoms with E-state index in [1.165, 1.54) is 6.42 Å². The van der Waals surface area contributed by atoms with Crippen LogP contribution in [-0.4, -0.2) is 35.4 Å². The molecule has 6 heteroatoms. The van der Waals surface area contributed by atoms with Gasteiger partial charge in [-0.1, -0.05) is 86.3 Å². The molecule has 0 spiro atoms. The predicted molar refractivity (Wildman–Crippen MR) is 148 cm³/mol. The zero-order valence-corrected chi connectivity index (χ0v) is 22.7. The van der Waals surface area contributed by atoms with E-state index in [1.54, 1.807) is 4.90 Å². The van der Waals surface area contributed by atoms with Gasteiger partial charge in [0.15, 0.2) is 6.61 Å². The number of ether oxygens (including phenoxy) is 1. The predicted octanol–water partition coefficient (Wildman–Crippen LogP) is 6.55. The number of rotatable bonds is 9. The van der Waals surface area contributed by atoms with Crippen molar-refractivity contribution in [3.63, 3.8) is 0 Å². The molecule has 2 amide bonds. The summed E-state index contributed by atoms with van der Waals surface area (Å²) < 4.78 is 6.82. The highest BCUT2D eigenvalue weighted by Crippen LogP contribution is 2.33. The number of benzene rings is 3. The van der Waals surface area contributed by atoms with Gasteiger partial charge < -0.3 is 15.0 Å². The number of nitrogens with zero attached hydrogens (tertiary/aromatic N) is 1. The molecule has 0 heterocycles. The highest BCUT2D eigenvalue weighted by Gasteiger charge is 2.30. The first-order chi connectivity index (χ1) is 17.5. The van der Waals surface area contributed by atoms with Gasteiger partial charge in [0.1, 0.15) is 11.8 Å². The van der Waals surface area contributed by atoms with Crippen LogP contribution in [0.3, 0.4) is 0 Å². The Balaban J connectivity index is 1.53. The van der Waals surface area contributed by atoms with Gasteiger partial charge in [0.25, 0.3) is 5.91 Å².